The molecule has 1 aliphatic carbocycles. The number of nitrogens with zero attached hydrogens (tertiary/aromatic N) is 3. The van der Waals surface area contributed by atoms with Crippen LogP contribution in [0.4, 0.5) is 5.69 Å². The lowest BCUT2D eigenvalue weighted by Crippen LogP contribution is -2.28. The standard InChI is InChI=1S/C17H23N5O2/c1-11-16(20-15(23)9-12-5-3-7-14(12)18)17(22(2)21-11)24-13-6-4-8-19-10-13/h4,6,8,10,12,14H,3,5,7,9,18H2,1-2H3,(H,20,23)/t12-,14+/m0/s1. The second-order valence-corrected chi connectivity index (χ2v) is 6.29. The molecule has 2 aromatic rings. The fourth-order valence-corrected chi connectivity index (χ4v) is 3.16. The van der Waals surface area contributed by atoms with Crippen molar-refractivity contribution in [2.24, 2.45) is 18.7 Å². The van der Waals surface area contributed by atoms with Gasteiger partial charge in [0.05, 0.1) is 11.9 Å². The van der Waals surface area contributed by atoms with Crippen LogP contribution in [0.1, 0.15) is 31.4 Å². The summed E-state index contributed by atoms with van der Waals surface area (Å²) in [5.74, 6) is 1.28. The van der Waals surface area contributed by atoms with Crippen LogP contribution < -0.4 is 15.8 Å². The molecule has 0 saturated heterocycles. The Labute approximate surface area is 141 Å². The van der Waals surface area contributed by atoms with Gasteiger partial charge < -0.3 is 15.8 Å². The minimum atomic E-state index is -0.0514. The third-order valence-electron chi connectivity index (χ3n) is 4.45. The Kier molecular flexibility index (Phi) is 4.80. The van der Waals surface area contributed by atoms with E-state index in [2.05, 4.69) is 15.4 Å². The summed E-state index contributed by atoms with van der Waals surface area (Å²) >= 11 is 0. The summed E-state index contributed by atoms with van der Waals surface area (Å²) in [6, 6.07) is 3.72. The first-order valence-corrected chi connectivity index (χ1v) is 8.21. The average molecular weight is 329 g/mol. The molecule has 0 aliphatic heterocycles. The van der Waals surface area contributed by atoms with Crippen LogP contribution >= 0.6 is 0 Å². The predicted molar refractivity (Wildman–Crippen MR) is 90.8 cm³/mol. The largest absolute Gasteiger partial charge is 0.436 e. The Morgan fingerprint density at radius 3 is 3.00 bits per heavy atom. The molecule has 0 aromatic carbocycles. The zero-order chi connectivity index (χ0) is 17.1. The molecule has 1 fully saturated rings. The number of nitrogens with two attached hydrogens (primary N) is 1. The van der Waals surface area contributed by atoms with E-state index < -0.39 is 0 Å². The molecule has 7 nitrogen and oxygen atoms in total. The zero-order valence-electron chi connectivity index (χ0n) is 14.0. The second kappa shape index (κ2) is 7.00. The maximum Gasteiger partial charge on any atom is 0.241 e. The molecule has 2 heterocycles. The molecule has 0 bridgehead atoms. The van der Waals surface area contributed by atoms with Crippen molar-refractivity contribution < 1.29 is 9.53 Å². The van der Waals surface area contributed by atoms with Crippen LogP contribution in [0.15, 0.2) is 24.5 Å². The monoisotopic (exact) mass is 329 g/mol. The van der Waals surface area contributed by atoms with E-state index in [9.17, 15) is 4.79 Å². The van der Waals surface area contributed by atoms with Gasteiger partial charge in [0, 0.05) is 25.7 Å². The van der Waals surface area contributed by atoms with Gasteiger partial charge in [-0.3, -0.25) is 9.78 Å². The summed E-state index contributed by atoms with van der Waals surface area (Å²) in [6.07, 6.45) is 6.83. The number of nitrogens with one attached hydrogen (secondary N) is 1. The lowest BCUT2D eigenvalue weighted by Gasteiger charge is -2.15. The minimum absolute atomic E-state index is 0.0514. The summed E-state index contributed by atoms with van der Waals surface area (Å²) < 4.78 is 7.46. The Morgan fingerprint density at radius 1 is 1.50 bits per heavy atom. The molecule has 24 heavy (non-hydrogen) atoms. The molecule has 2 aromatic heterocycles. The number of aromatic nitrogens is 3. The van der Waals surface area contributed by atoms with Crippen molar-refractivity contribution in [3.05, 3.63) is 30.2 Å². The Hall–Kier alpha value is -2.41. The fourth-order valence-electron chi connectivity index (χ4n) is 3.16. The molecule has 1 saturated carbocycles. The van der Waals surface area contributed by atoms with Crippen LogP contribution in [0.5, 0.6) is 11.6 Å². The molecule has 7 heteroatoms. The molecular formula is C17H23N5O2. The van der Waals surface area contributed by atoms with E-state index in [0.29, 0.717) is 29.4 Å². The van der Waals surface area contributed by atoms with E-state index in [4.69, 9.17) is 10.5 Å². The average Bonchev–Trinajstić information content (AvgIpc) is 3.06. The number of anilines is 1. The van der Waals surface area contributed by atoms with Gasteiger partial charge in [0.2, 0.25) is 11.8 Å². The van der Waals surface area contributed by atoms with Crippen LogP contribution in [-0.4, -0.2) is 26.7 Å². The highest BCUT2D eigenvalue weighted by atomic mass is 16.5. The summed E-state index contributed by atoms with van der Waals surface area (Å²) in [5.41, 5.74) is 7.36. The molecule has 2 atom stereocenters. The van der Waals surface area contributed by atoms with Gasteiger partial charge >= 0.3 is 0 Å². The first-order chi connectivity index (χ1) is 11.5. The zero-order valence-corrected chi connectivity index (χ0v) is 14.0. The molecule has 0 spiro atoms. The van der Waals surface area contributed by atoms with Gasteiger partial charge in [-0.15, -0.1) is 0 Å². The lowest BCUT2D eigenvalue weighted by atomic mass is 10.00. The number of pyridine rings is 1. The fraction of sp³-hybridized carbons (Fsp3) is 0.471. The maximum absolute atomic E-state index is 12.4. The number of carbonyl (C=O) groups excluding carboxylic acids is 1. The summed E-state index contributed by atoms with van der Waals surface area (Å²) in [6.45, 7) is 1.84. The molecule has 1 aliphatic rings. The highest BCUT2D eigenvalue weighted by Crippen LogP contribution is 2.33. The third-order valence-corrected chi connectivity index (χ3v) is 4.45. The molecule has 128 valence electrons. The first kappa shape index (κ1) is 16.4. The molecule has 0 unspecified atom stereocenters. The number of hydrogen-bond donors (Lipinski definition) is 2. The summed E-state index contributed by atoms with van der Waals surface area (Å²) in [4.78, 5) is 16.4. The van der Waals surface area contributed by atoms with Crippen LogP contribution in [0.2, 0.25) is 0 Å². The predicted octanol–water partition coefficient (Wildman–Crippen LogP) is 2.37. The van der Waals surface area contributed by atoms with Crippen LogP contribution in [0, 0.1) is 12.8 Å². The van der Waals surface area contributed by atoms with E-state index in [0.717, 1.165) is 19.3 Å². The second-order valence-electron chi connectivity index (χ2n) is 6.29. The van der Waals surface area contributed by atoms with Gasteiger partial charge in [-0.05, 0) is 37.8 Å². The van der Waals surface area contributed by atoms with Crippen molar-refractivity contribution in [3.8, 4) is 11.6 Å². The highest BCUT2D eigenvalue weighted by Gasteiger charge is 2.27. The smallest absolute Gasteiger partial charge is 0.241 e. The molecule has 3 rings (SSSR count). The Bertz CT molecular complexity index is 713. The van der Waals surface area contributed by atoms with Gasteiger partial charge in [0.15, 0.2) is 0 Å². The van der Waals surface area contributed by atoms with Crippen molar-refractivity contribution in [2.75, 3.05) is 5.32 Å². The normalized spacial score (nSPS) is 20.1. The molecule has 1 amide bonds. The van der Waals surface area contributed by atoms with E-state index in [-0.39, 0.29) is 17.9 Å². The maximum atomic E-state index is 12.4. The Balaban J connectivity index is 1.74. The van der Waals surface area contributed by atoms with Crippen molar-refractivity contribution in [1.82, 2.24) is 14.8 Å². The van der Waals surface area contributed by atoms with Crippen molar-refractivity contribution >= 4 is 11.6 Å². The van der Waals surface area contributed by atoms with Gasteiger partial charge in [-0.2, -0.15) is 5.10 Å². The van der Waals surface area contributed by atoms with E-state index in [1.54, 1.807) is 36.3 Å². The van der Waals surface area contributed by atoms with Crippen LogP contribution in [-0.2, 0) is 11.8 Å². The summed E-state index contributed by atoms with van der Waals surface area (Å²) in [7, 11) is 1.78. The highest BCUT2D eigenvalue weighted by molar-refractivity contribution is 5.93. The number of amides is 1. The molecule has 0 radical (unpaired) electrons. The number of rotatable bonds is 5. The van der Waals surface area contributed by atoms with Crippen molar-refractivity contribution in [2.45, 2.75) is 38.6 Å². The van der Waals surface area contributed by atoms with Crippen LogP contribution in [0.25, 0.3) is 0 Å². The topological polar surface area (TPSA) is 95.1 Å². The lowest BCUT2D eigenvalue weighted by molar-refractivity contribution is -0.117. The number of aryl methyl sites for hydroxylation is 2. The van der Waals surface area contributed by atoms with E-state index in [1.807, 2.05) is 6.92 Å². The number of ether oxygens (including phenoxy) is 1. The van der Waals surface area contributed by atoms with Crippen molar-refractivity contribution in [1.29, 1.82) is 0 Å². The van der Waals surface area contributed by atoms with E-state index >= 15 is 0 Å². The first-order valence-electron chi connectivity index (χ1n) is 8.21. The minimum Gasteiger partial charge on any atom is -0.436 e. The quantitative estimate of drug-likeness (QED) is 0.878. The van der Waals surface area contributed by atoms with Gasteiger partial charge in [0.1, 0.15) is 11.4 Å². The SMILES string of the molecule is Cc1nn(C)c(Oc2cccnc2)c1NC(=O)C[C@@H]1CCC[C@H]1N. The molecular weight excluding hydrogens is 306 g/mol. The van der Waals surface area contributed by atoms with E-state index in [1.165, 1.54) is 0 Å². The van der Waals surface area contributed by atoms with Crippen molar-refractivity contribution in [3.63, 3.8) is 0 Å². The third kappa shape index (κ3) is 3.56. The van der Waals surface area contributed by atoms with Gasteiger partial charge in [-0.1, -0.05) is 6.42 Å². The van der Waals surface area contributed by atoms with Gasteiger partial charge in [-0.25, -0.2) is 4.68 Å². The van der Waals surface area contributed by atoms with Gasteiger partial charge in [0.25, 0.3) is 0 Å². The number of hydrogen-bond acceptors (Lipinski definition) is 5. The van der Waals surface area contributed by atoms with Crippen LogP contribution in [0.3, 0.4) is 0 Å². The Morgan fingerprint density at radius 2 is 2.33 bits per heavy atom. The molecule has 3 N–H and O–H groups in total. The summed E-state index contributed by atoms with van der Waals surface area (Å²) in [5, 5.41) is 7.28. The number of carbonyl (C=O) groups is 1.